The van der Waals surface area contributed by atoms with E-state index >= 15 is 0 Å². The van der Waals surface area contributed by atoms with Gasteiger partial charge in [0, 0.05) is 27.5 Å². The maximum absolute atomic E-state index is 12.9. The largest absolute Gasteiger partial charge is 0.489 e. The number of pyridine rings is 1. The highest BCUT2D eigenvalue weighted by Gasteiger charge is 2.48. The molecule has 2 heterocycles. The third kappa shape index (κ3) is 5.16. The van der Waals surface area contributed by atoms with Crippen molar-refractivity contribution in [2.24, 2.45) is 0 Å². The molecular weight excluding hydrogens is 454 g/mol. The predicted molar refractivity (Wildman–Crippen MR) is 130 cm³/mol. The normalized spacial score (nSPS) is 21.9. The van der Waals surface area contributed by atoms with E-state index in [0.29, 0.717) is 24.3 Å². The van der Waals surface area contributed by atoms with Crippen LogP contribution in [-0.2, 0) is 11.4 Å². The van der Waals surface area contributed by atoms with Gasteiger partial charge in [0.1, 0.15) is 17.8 Å². The number of para-hydroxylation sites is 1. The van der Waals surface area contributed by atoms with E-state index < -0.39 is 22.8 Å². The molecule has 0 radical (unpaired) electrons. The molecule has 1 aromatic heterocycles. The maximum atomic E-state index is 12.9. The summed E-state index contributed by atoms with van der Waals surface area (Å²) in [6.07, 6.45) is 0.173. The van der Waals surface area contributed by atoms with Gasteiger partial charge in [-0.15, -0.1) is 11.8 Å². The molecule has 9 heteroatoms. The lowest BCUT2D eigenvalue weighted by atomic mass is 9.89. The van der Waals surface area contributed by atoms with E-state index in [1.165, 1.54) is 11.8 Å². The Bertz CT molecular complexity index is 1200. The number of benzene rings is 2. The Morgan fingerprint density at radius 2 is 1.94 bits per heavy atom. The minimum atomic E-state index is -1.16. The lowest BCUT2D eigenvalue weighted by molar-refractivity contribution is -0.131. The number of nitrogens with zero attached hydrogens (tertiary/aromatic N) is 1. The van der Waals surface area contributed by atoms with E-state index in [0.717, 1.165) is 22.2 Å². The maximum Gasteiger partial charge on any atom is 0.251 e. The van der Waals surface area contributed by atoms with Crippen LogP contribution in [-0.4, -0.2) is 43.3 Å². The van der Waals surface area contributed by atoms with Crippen LogP contribution < -0.4 is 15.5 Å². The number of fused-ring (bicyclic) bond motifs is 1. The molecule has 1 saturated heterocycles. The van der Waals surface area contributed by atoms with Gasteiger partial charge < -0.3 is 15.2 Å². The van der Waals surface area contributed by atoms with Crippen LogP contribution in [0, 0.1) is 6.92 Å². The van der Waals surface area contributed by atoms with E-state index in [-0.39, 0.29) is 11.7 Å². The zero-order valence-electron chi connectivity index (χ0n) is 18.9. The fraction of sp³-hybridized carbons (Fsp3) is 0.320. The molecule has 34 heavy (non-hydrogen) atoms. The first-order valence-corrected chi connectivity index (χ1v) is 11.9. The van der Waals surface area contributed by atoms with Crippen molar-refractivity contribution in [3.63, 3.8) is 0 Å². The van der Waals surface area contributed by atoms with Crippen molar-refractivity contribution >= 4 is 34.5 Å². The summed E-state index contributed by atoms with van der Waals surface area (Å²) < 4.78 is 5.96. The number of aliphatic hydroxyl groups is 1. The molecule has 3 aromatic rings. The molecule has 4 N–H and O–H groups in total. The number of amides is 2. The topological polar surface area (TPSA) is 121 Å². The Balaban J connectivity index is 1.45. The molecule has 0 saturated carbocycles. The first-order valence-electron chi connectivity index (χ1n) is 11.0. The standard InChI is InChI=1S/C25H27N3O5S/c1-15-11-18(20-5-3-4-6-21(20)26-15)14-33-19-9-7-17(8-10-19)23(30)27-25(13-22(29)28-32)12-16(2)34-24(25)31/h3-11,16,24,31-32H,12-14H2,1-2H3,(H,27,30)(H,28,29). The first-order chi connectivity index (χ1) is 16.3. The van der Waals surface area contributed by atoms with Crippen LogP contribution in [0.5, 0.6) is 5.75 Å². The molecule has 0 spiro atoms. The minimum Gasteiger partial charge on any atom is -0.489 e. The number of carbonyl (C=O) groups excluding carboxylic acids is 2. The van der Waals surface area contributed by atoms with Gasteiger partial charge in [-0.25, -0.2) is 5.48 Å². The number of carbonyl (C=O) groups is 2. The van der Waals surface area contributed by atoms with Crippen LogP contribution in [0.1, 0.15) is 41.4 Å². The Kier molecular flexibility index (Phi) is 7.06. The summed E-state index contributed by atoms with van der Waals surface area (Å²) in [7, 11) is 0. The van der Waals surface area contributed by atoms with E-state index in [1.807, 2.05) is 44.2 Å². The first kappa shape index (κ1) is 24.0. The summed E-state index contributed by atoms with van der Waals surface area (Å²) in [6, 6.07) is 16.6. The highest BCUT2D eigenvalue weighted by atomic mass is 32.2. The number of aliphatic hydroxyl groups excluding tert-OH is 1. The van der Waals surface area contributed by atoms with Gasteiger partial charge in [0.05, 0.1) is 17.5 Å². The van der Waals surface area contributed by atoms with Crippen LogP contribution in [0.15, 0.2) is 54.6 Å². The van der Waals surface area contributed by atoms with Crippen molar-refractivity contribution in [3.8, 4) is 5.75 Å². The molecule has 8 nitrogen and oxygen atoms in total. The molecule has 4 rings (SSSR count). The van der Waals surface area contributed by atoms with E-state index in [2.05, 4.69) is 10.3 Å². The minimum absolute atomic E-state index is 0.0467. The molecular formula is C25H27N3O5S. The predicted octanol–water partition coefficient (Wildman–Crippen LogP) is 3.33. The smallest absolute Gasteiger partial charge is 0.251 e. The van der Waals surface area contributed by atoms with Crippen molar-refractivity contribution in [2.45, 2.75) is 49.5 Å². The molecule has 2 amide bonds. The Morgan fingerprint density at radius 1 is 1.21 bits per heavy atom. The molecule has 3 unspecified atom stereocenters. The summed E-state index contributed by atoms with van der Waals surface area (Å²) in [4.78, 5) is 29.3. The summed E-state index contributed by atoms with van der Waals surface area (Å²) in [6.45, 7) is 4.22. The average molecular weight is 482 g/mol. The number of nitrogens with one attached hydrogen (secondary N) is 2. The lowest BCUT2D eigenvalue weighted by Gasteiger charge is -2.32. The lowest BCUT2D eigenvalue weighted by Crippen LogP contribution is -2.55. The van der Waals surface area contributed by atoms with E-state index in [4.69, 9.17) is 9.94 Å². The van der Waals surface area contributed by atoms with Crippen LogP contribution >= 0.6 is 11.8 Å². The zero-order valence-corrected chi connectivity index (χ0v) is 19.8. The third-order valence-corrected chi connectivity index (χ3v) is 7.23. The summed E-state index contributed by atoms with van der Waals surface area (Å²) in [5, 5.41) is 23.4. The molecule has 0 aliphatic carbocycles. The van der Waals surface area contributed by atoms with Crippen LogP contribution in [0.2, 0.25) is 0 Å². The van der Waals surface area contributed by atoms with Gasteiger partial charge in [0.25, 0.3) is 5.91 Å². The van der Waals surface area contributed by atoms with E-state index in [9.17, 15) is 14.7 Å². The fourth-order valence-electron chi connectivity index (χ4n) is 4.33. The van der Waals surface area contributed by atoms with Gasteiger partial charge in [-0.1, -0.05) is 25.1 Å². The van der Waals surface area contributed by atoms with Gasteiger partial charge in [0.15, 0.2) is 0 Å². The number of rotatable bonds is 7. The molecule has 1 aliphatic rings. The highest BCUT2D eigenvalue weighted by Crippen LogP contribution is 2.42. The fourth-order valence-corrected chi connectivity index (χ4v) is 5.66. The van der Waals surface area contributed by atoms with Crippen LogP contribution in [0.25, 0.3) is 10.9 Å². The monoisotopic (exact) mass is 481 g/mol. The van der Waals surface area contributed by atoms with Crippen molar-refractivity contribution < 1.29 is 24.6 Å². The second kappa shape index (κ2) is 10.0. The zero-order chi connectivity index (χ0) is 24.3. The van der Waals surface area contributed by atoms with E-state index in [1.54, 1.807) is 29.7 Å². The average Bonchev–Trinajstić information content (AvgIpc) is 3.09. The number of hydrogen-bond donors (Lipinski definition) is 4. The number of hydroxylamine groups is 1. The van der Waals surface area contributed by atoms with Gasteiger partial charge >= 0.3 is 0 Å². The van der Waals surface area contributed by atoms with Gasteiger partial charge in [-0.2, -0.15) is 0 Å². The third-order valence-electron chi connectivity index (χ3n) is 5.89. The number of thioether (sulfide) groups is 1. The molecule has 1 aliphatic heterocycles. The van der Waals surface area contributed by atoms with Crippen molar-refractivity contribution in [2.75, 3.05) is 0 Å². The van der Waals surface area contributed by atoms with Gasteiger partial charge in [-0.3, -0.25) is 19.8 Å². The number of hydrogen-bond acceptors (Lipinski definition) is 7. The number of aromatic nitrogens is 1. The summed E-state index contributed by atoms with van der Waals surface area (Å²) in [5.41, 5.74) is 2.68. The van der Waals surface area contributed by atoms with Gasteiger partial charge in [-0.05, 0) is 49.7 Å². The molecule has 3 atom stereocenters. The van der Waals surface area contributed by atoms with Gasteiger partial charge in [0.2, 0.25) is 5.91 Å². The molecule has 1 fully saturated rings. The second-order valence-corrected chi connectivity index (χ2v) is 10.1. The Labute approximate surface area is 201 Å². The van der Waals surface area contributed by atoms with Crippen molar-refractivity contribution in [1.29, 1.82) is 0 Å². The summed E-state index contributed by atoms with van der Waals surface area (Å²) >= 11 is 1.28. The number of aryl methyl sites for hydroxylation is 1. The SMILES string of the molecule is Cc1cc(COc2ccc(C(=O)NC3(CC(=O)NO)CC(C)SC3O)cc2)c2ccccc2n1. The molecule has 0 bridgehead atoms. The van der Waals surface area contributed by atoms with Crippen LogP contribution in [0.4, 0.5) is 0 Å². The van der Waals surface area contributed by atoms with Crippen molar-refractivity contribution in [1.82, 2.24) is 15.8 Å². The van der Waals surface area contributed by atoms with Crippen LogP contribution in [0.3, 0.4) is 0 Å². The Hall–Kier alpha value is -3.14. The second-order valence-electron chi connectivity index (χ2n) is 8.58. The highest BCUT2D eigenvalue weighted by molar-refractivity contribution is 8.00. The number of ether oxygens (including phenoxy) is 1. The quantitative estimate of drug-likeness (QED) is 0.302. The molecule has 178 valence electrons. The summed E-state index contributed by atoms with van der Waals surface area (Å²) in [5.74, 6) is -0.479. The Morgan fingerprint density at radius 3 is 2.62 bits per heavy atom. The van der Waals surface area contributed by atoms with Crippen molar-refractivity contribution in [3.05, 3.63) is 71.4 Å². The molecule has 2 aromatic carbocycles.